The van der Waals surface area contributed by atoms with Gasteiger partial charge >= 0.3 is 0 Å². The summed E-state index contributed by atoms with van der Waals surface area (Å²) in [5, 5.41) is 16.5. The Morgan fingerprint density at radius 3 is 1.67 bits per heavy atom. The van der Waals surface area contributed by atoms with Gasteiger partial charge in [-0.25, -0.2) is 0 Å². The zero-order chi connectivity index (χ0) is 17.6. The number of rotatable bonds is 9. The lowest BCUT2D eigenvalue weighted by Crippen LogP contribution is -1.71. The van der Waals surface area contributed by atoms with Crippen molar-refractivity contribution in [3.8, 4) is 0 Å². The van der Waals surface area contributed by atoms with Crippen molar-refractivity contribution in [1.29, 1.82) is 0 Å². The molecule has 0 heterocycles. The predicted octanol–water partition coefficient (Wildman–Crippen LogP) is 6.92. The van der Waals surface area contributed by atoms with E-state index in [1.807, 2.05) is 24.3 Å². The fourth-order valence-corrected chi connectivity index (χ4v) is 1.49. The van der Waals surface area contributed by atoms with E-state index in [1.54, 1.807) is 48.6 Å². The van der Waals surface area contributed by atoms with Crippen LogP contribution in [0.3, 0.4) is 0 Å². The molecule has 24 heavy (non-hydrogen) atoms. The van der Waals surface area contributed by atoms with Crippen LogP contribution in [0.15, 0.2) is 131 Å². The molecule has 120 valence electrons. The number of nitrogens with zero attached hydrogens (tertiary/aromatic N) is 4. The van der Waals surface area contributed by atoms with E-state index < -0.39 is 0 Å². The first kappa shape index (κ1) is 18.6. The van der Waals surface area contributed by atoms with Crippen LogP contribution >= 0.6 is 0 Å². The maximum atomic E-state index is 4.17. The SMILES string of the molecule is C=C\C=C/C(=C\C=C)/N=N/c1ccc(/N=N\C(C=C)=C\C=C)cc1. The smallest absolute Gasteiger partial charge is 0.0858 e. The monoisotopic (exact) mass is 316 g/mol. The topological polar surface area (TPSA) is 49.4 Å². The van der Waals surface area contributed by atoms with Gasteiger partial charge in [-0.15, -0.1) is 0 Å². The molecule has 1 aromatic rings. The highest BCUT2D eigenvalue weighted by atomic mass is 15.1. The van der Waals surface area contributed by atoms with Crippen LogP contribution in [0.1, 0.15) is 0 Å². The van der Waals surface area contributed by atoms with Gasteiger partial charge in [-0.3, -0.25) is 0 Å². The molecule has 0 aliphatic carbocycles. The van der Waals surface area contributed by atoms with E-state index in [2.05, 4.69) is 46.8 Å². The standard InChI is InChI=1S/C20H20N4/c1-5-9-12-18(11-7-3)22-24-20-15-13-19(14-16-20)23-21-17(8-4)10-6-2/h5-16H,1-4H2/b12-9-,17-10+,18-11+,23-21-,24-22+. The predicted molar refractivity (Wildman–Crippen MR) is 102 cm³/mol. The first-order valence-electron chi connectivity index (χ1n) is 7.24. The first-order valence-corrected chi connectivity index (χ1v) is 7.24. The minimum Gasteiger partial charge on any atom is -0.151 e. The van der Waals surface area contributed by atoms with Gasteiger partial charge in [0, 0.05) is 0 Å². The van der Waals surface area contributed by atoms with E-state index in [1.165, 1.54) is 0 Å². The Balaban J connectivity index is 2.85. The van der Waals surface area contributed by atoms with Crippen LogP contribution in [0.4, 0.5) is 11.4 Å². The molecule has 4 heteroatoms. The third-order valence-electron chi connectivity index (χ3n) is 2.60. The van der Waals surface area contributed by atoms with Crippen LogP contribution in [-0.2, 0) is 0 Å². The number of allylic oxidation sites excluding steroid dienone is 8. The van der Waals surface area contributed by atoms with Gasteiger partial charge in [0.1, 0.15) is 0 Å². The van der Waals surface area contributed by atoms with Crippen molar-refractivity contribution in [3.05, 3.63) is 111 Å². The van der Waals surface area contributed by atoms with Crippen LogP contribution in [-0.4, -0.2) is 0 Å². The highest BCUT2D eigenvalue weighted by Gasteiger charge is 1.93. The lowest BCUT2D eigenvalue weighted by molar-refractivity contribution is 1.16. The minimum atomic E-state index is 0.641. The molecule has 0 N–H and O–H groups in total. The van der Waals surface area contributed by atoms with Gasteiger partial charge in [-0.05, 0) is 48.6 Å². The van der Waals surface area contributed by atoms with Crippen molar-refractivity contribution in [1.82, 2.24) is 0 Å². The second kappa shape index (κ2) is 11.2. The highest BCUT2D eigenvalue weighted by molar-refractivity contribution is 5.47. The average Bonchev–Trinajstić information content (AvgIpc) is 2.62. The first-order chi connectivity index (χ1) is 11.7. The van der Waals surface area contributed by atoms with E-state index in [4.69, 9.17) is 0 Å². The van der Waals surface area contributed by atoms with Crippen molar-refractivity contribution in [2.75, 3.05) is 0 Å². The molecule has 0 unspecified atom stereocenters. The quantitative estimate of drug-likeness (QED) is 0.350. The Bertz CT molecular complexity index is 729. The maximum Gasteiger partial charge on any atom is 0.0858 e. The Morgan fingerprint density at radius 1 is 0.708 bits per heavy atom. The molecule has 0 saturated heterocycles. The molecule has 0 aliphatic rings. The van der Waals surface area contributed by atoms with Crippen molar-refractivity contribution < 1.29 is 0 Å². The minimum absolute atomic E-state index is 0.641. The molecule has 0 radical (unpaired) electrons. The van der Waals surface area contributed by atoms with Gasteiger partial charge in [-0.1, -0.05) is 50.6 Å². The molecule has 0 aromatic heterocycles. The number of hydrogen-bond donors (Lipinski definition) is 0. The van der Waals surface area contributed by atoms with Crippen LogP contribution in [0.5, 0.6) is 0 Å². The molecule has 1 rings (SSSR count). The van der Waals surface area contributed by atoms with Crippen molar-refractivity contribution >= 4 is 11.4 Å². The van der Waals surface area contributed by atoms with Gasteiger partial charge in [0.25, 0.3) is 0 Å². The summed E-state index contributed by atoms with van der Waals surface area (Å²) >= 11 is 0. The lowest BCUT2D eigenvalue weighted by Gasteiger charge is -1.95. The molecule has 0 spiro atoms. The Labute approximate surface area is 143 Å². The van der Waals surface area contributed by atoms with Crippen molar-refractivity contribution in [2.45, 2.75) is 0 Å². The number of azo groups is 2. The highest BCUT2D eigenvalue weighted by Crippen LogP contribution is 2.21. The molecule has 4 nitrogen and oxygen atoms in total. The van der Waals surface area contributed by atoms with Crippen LogP contribution < -0.4 is 0 Å². The van der Waals surface area contributed by atoms with E-state index in [-0.39, 0.29) is 0 Å². The largest absolute Gasteiger partial charge is 0.151 e. The van der Waals surface area contributed by atoms with Gasteiger partial charge < -0.3 is 0 Å². The summed E-state index contributed by atoms with van der Waals surface area (Å²) in [7, 11) is 0. The molecule has 0 fully saturated rings. The van der Waals surface area contributed by atoms with E-state index in [0.29, 0.717) is 22.8 Å². The summed E-state index contributed by atoms with van der Waals surface area (Å²) in [6, 6.07) is 7.24. The summed E-state index contributed by atoms with van der Waals surface area (Å²) in [5.74, 6) is 0. The number of benzene rings is 1. The molecular formula is C20H20N4. The van der Waals surface area contributed by atoms with E-state index in [0.717, 1.165) is 0 Å². The molecular weight excluding hydrogens is 296 g/mol. The summed E-state index contributed by atoms with van der Waals surface area (Å²) < 4.78 is 0. The Morgan fingerprint density at radius 2 is 1.21 bits per heavy atom. The van der Waals surface area contributed by atoms with Gasteiger partial charge in [0.15, 0.2) is 0 Å². The van der Waals surface area contributed by atoms with E-state index in [9.17, 15) is 0 Å². The van der Waals surface area contributed by atoms with Crippen LogP contribution in [0.2, 0.25) is 0 Å². The molecule has 0 aliphatic heterocycles. The normalized spacial score (nSPS) is 12.8. The molecule has 0 saturated carbocycles. The molecule has 1 aromatic carbocycles. The number of hydrogen-bond acceptors (Lipinski definition) is 4. The Kier molecular flexibility index (Phi) is 8.71. The van der Waals surface area contributed by atoms with Gasteiger partial charge in [-0.2, -0.15) is 20.5 Å². The molecule has 0 atom stereocenters. The summed E-state index contributed by atoms with van der Waals surface area (Å²) in [6.45, 7) is 14.5. The van der Waals surface area contributed by atoms with Crippen LogP contribution in [0, 0.1) is 0 Å². The fourth-order valence-electron chi connectivity index (χ4n) is 1.49. The second-order valence-electron chi connectivity index (χ2n) is 4.37. The van der Waals surface area contributed by atoms with Gasteiger partial charge in [0.2, 0.25) is 0 Å². The van der Waals surface area contributed by atoms with Crippen LogP contribution in [0.25, 0.3) is 0 Å². The third kappa shape index (κ3) is 7.04. The molecule has 0 bridgehead atoms. The lowest BCUT2D eigenvalue weighted by atomic mass is 10.3. The summed E-state index contributed by atoms with van der Waals surface area (Å²) in [6.07, 6.45) is 13.6. The van der Waals surface area contributed by atoms with Crippen molar-refractivity contribution in [2.24, 2.45) is 20.5 Å². The zero-order valence-corrected chi connectivity index (χ0v) is 13.5. The third-order valence-corrected chi connectivity index (χ3v) is 2.60. The second-order valence-corrected chi connectivity index (χ2v) is 4.37. The Hall–Kier alpha value is -3.40. The zero-order valence-electron chi connectivity index (χ0n) is 13.5. The van der Waals surface area contributed by atoms with E-state index >= 15 is 0 Å². The maximum absolute atomic E-state index is 4.17. The summed E-state index contributed by atoms with van der Waals surface area (Å²) in [4.78, 5) is 0. The fraction of sp³-hybridized carbons (Fsp3) is 0. The van der Waals surface area contributed by atoms with Crippen molar-refractivity contribution in [3.63, 3.8) is 0 Å². The summed E-state index contributed by atoms with van der Waals surface area (Å²) in [5.41, 5.74) is 2.74. The van der Waals surface area contributed by atoms with Gasteiger partial charge in [0.05, 0.1) is 22.8 Å². The molecule has 0 amide bonds. The average molecular weight is 316 g/mol.